The number of hydrogen-bond donors (Lipinski definition) is 1. The fourth-order valence-corrected chi connectivity index (χ4v) is 6.87. The monoisotopic (exact) mass is 646 g/mol. The smallest absolute Gasteiger partial charge is 0.269 e. The molecule has 1 N–H and O–H groups in total. The molecule has 1 aliphatic rings. The molecule has 0 heterocycles. The molecule has 1 aliphatic carbocycles. The molecule has 43 heavy (non-hydrogen) atoms. The van der Waals surface area contributed by atoms with Crippen molar-refractivity contribution in [3.8, 4) is 0 Å². The second kappa shape index (κ2) is 14.2. The fraction of sp³-hybridized carbons (Fsp3) is 0.333. The molecule has 3 aromatic rings. The highest BCUT2D eigenvalue weighted by molar-refractivity contribution is 7.92. The van der Waals surface area contributed by atoms with Gasteiger partial charge in [0.15, 0.2) is 0 Å². The average Bonchev–Trinajstić information content (AvgIpc) is 3.51. The van der Waals surface area contributed by atoms with Crippen LogP contribution in [0.3, 0.4) is 0 Å². The number of nitrogens with one attached hydrogen (secondary N) is 1. The Morgan fingerprint density at radius 3 is 2.23 bits per heavy atom. The van der Waals surface area contributed by atoms with Gasteiger partial charge in [0, 0.05) is 24.7 Å². The van der Waals surface area contributed by atoms with E-state index in [2.05, 4.69) is 5.32 Å². The number of halogens is 2. The fourth-order valence-electron chi connectivity index (χ4n) is 5.11. The molecule has 1 fully saturated rings. The van der Waals surface area contributed by atoms with Gasteiger partial charge in [0.1, 0.15) is 12.6 Å². The van der Waals surface area contributed by atoms with Crippen molar-refractivity contribution in [3.05, 3.63) is 98.5 Å². The number of hydrogen-bond acceptors (Lipinski definition) is 6. The van der Waals surface area contributed by atoms with Crippen molar-refractivity contribution < 1.29 is 22.9 Å². The van der Waals surface area contributed by atoms with Gasteiger partial charge in [-0.1, -0.05) is 67.2 Å². The van der Waals surface area contributed by atoms with Crippen molar-refractivity contribution in [1.82, 2.24) is 10.2 Å². The van der Waals surface area contributed by atoms with Crippen LogP contribution in [0.2, 0.25) is 10.0 Å². The Balaban J connectivity index is 1.73. The SMILES string of the molecule is CC[C@@H](C(=O)NC1CCCC1)N(Cc1ccc(Cl)c(Cl)c1)C(=O)CN(c1ccc([N+](=O)[O-])cc1)S(=O)(=O)c1ccccc1. The summed E-state index contributed by atoms with van der Waals surface area (Å²) >= 11 is 12.3. The van der Waals surface area contributed by atoms with Crippen molar-refractivity contribution in [3.63, 3.8) is 0 Å². The molecule has 4 rings (SSSR count). The van der Waals surface area contributed by atoms with Gasteiger partial charge in [-0.2, -0.15) is 0 Å². The lowest BCUT2D eigenvalue weighted by molar-refractivity contribution is -0.384. The molecule has 10 nitrogen and oxygen atoms in total. The zero-order chi connectivity index (χ0) is 31.1. The number of benzene rings is 3. The van der Waals surface area contributed by atoms with E-state index in [-0.39, 0.29) is 46.2 Å². The first kappa shape index (κ1) is 32.2. The zero-order valence-electron chi connectivity index (χ0n) is 23.5. The number of amides is 2. The Morgan fingerprint density at radius 2 is 1.65 bits per heavy atom. The molecule has 13 heteroatoms. The molecule has 0 spiro atoms. The summed E-state index contributed by atoms with van der Waals surface area (Å²) in [5, 5.41) is 14.9. The van der Waals surface area contributed by atoms with E-state index < -0.39 is 33.4 Å². The highest BCUT2D eigenvalue weighted by Gasteiger charge is 2.34. The van der Waals surface area contributed by atoms with Gasteiger partial charge in [0.05, 0.1) is 25.6 Å². The van der Waals surface area contributed by atoms with Crippen LogP contribution in [0.1, 0.15) is 44.6 Å². The largest absolute Gasteiger partial charge is 0.352 e. The Labute approximate surface area is 260 Å². The molecule has 2 amide bonds. The predicted octanol–water partition coefficient (Wildman–Crippen LogP) is 5.96. The number of rotatable bonds is 12. The Hall–Kier alpha value is -3.67. The van der Waals surface area contributed by atoms with Crippen molar-refractivity contribution in [2.75, 3.05) is 10.8 Å². The maximum Gasteiger partial charge on any atom is 0.269 e. The standard InChI is InChI=1S/C30H32Cl2N4O6S/c1-2-28(30(38)33-22-8-6-7-9-22)34(19-21-12-17-26(31)27(32)18-21)29(37)20-35(23-13-15-24(16-14-23)36(39)40)43(41,42)25-10-4-3-5-11-25/h3-5,10-18,22,28H,2,6-9,19-20H2,1H3,(H,33,38)/t28-/m0/s1. The van der Waals surface area contributed by atoms with Gasteiger partial charge >= 0.3 is 0 Å². The summed E-state index contributed by atoms with van der Waals surface area (Å²) < 4.78 is 28.6. The van der Waals surface area contributed by atoms with E-state index in [0.717, 1.165) is 30.0 Å². The Kier molecular flexibility index (Phi) is 10.6. The number of sulfonamides is 1. The van der Waals surface area contributed by atoms with Crippen LogP contribution in [0.25, 0.3) is 0 Å². The number of nitrogens with zero attached hydrogens (tertiary/aromatic N) is 3. The normalized spacial score (nSPS) is 14.2. The maximum absolute atomic E-state index is 14.2. The quantitative estimate of drug-likeness (QED) is 0.191. The van der Waals surface area contributed by atoms with E-state index in [4.69, 9.17) is 23.2 Å². The van der Waals surface area contributed by atoms with Crippen molar-refractivity contribution in [2.24, 2.45) is 0 Å². The summed E-state index contributed by atoms with van der Waals surface area (Å²) in [5.41, 5.74) is 0.423. The van der Waals surface area contributed by atoms with Crippen molar-refractivity contribution in [1.29, 1.82) is 0 Å². The van der Waals surface area contributed by atoms with Crippen LogP contribution in [-0.4, -0.2) is 48.7 Å². The second-order valence-corrected chi connectivity index (χ2v) is 13.0. The topological polar surface area (TPSA) is 130 Å². The first-order chi connectivity index (χ1) is 20.5. The molecule has 0 saturated heterocycles. The van der Waals surface area contributed by atoms with E-state index in [9.17, 15) is 28.1 Å². The third-order valence-electron chi connectivity index (χ3n) is 7.38. The molecule has 1 atom stereocenters. The van der Waals surface area contributed by atoms with Crippen molar-refractivity contribution >= 4 is 56.4 Å². The molecule has 0 bridgehead atoms. The summed E-state index contributed by atoms with van der Waals surface area (Å²) in [6.45, 7) is 1.08. The van der Waals surface area contributed by atoms with Crippen LogP contribution in [0.4, 0.5) is 11.4 Å². The Bertz CT molecular complexity index is 1570. The van der Waals surface area contributed by atoms with Crippen LogP contribution in [0.15, 0.2) is 77.7 Å². The summed E-state index contributed by atoms with van der Waals surface area (Å²) in [5.74, 6) is -0.965. The van der Waals surface area contributed by atoms with Gasteiger partial charge in [-0.25, -0.2) is 8.42 Å². The molecule has 0 radical (unpaired) electrons. The highest BCUT2D eigenvalue weighted by Crippen LogP contribution is 2.28. The lowest BCUT2D eigenvalue weighted by atomic mass is 10.1. The lowest BCUT2D eigenvalue weighted by Crippen LogP contribution is -2.53. The summed E-state index contributed by atoms with van der Waals surface area (Å²) in [7, 11) is -4.30. The number of nitro benzene ring substituents is 1. The number of non-ortho nitro benzene ring substituents is 1. The minimum Gasteiger partial charge on any atom is -0.352 e. The first-order valence-electron chi connectivity index (χ1n) is 13.9. The number of nitro groups is 1. The van der Waals surface area contributed by atoms with Crippen LogP contribution < -0.4 is 9.62 Å². The third kappa shape index (κ3) is 7.84. The van der Waals surface area contributed by atoms with Crippen LogP contribution in [-0.2, 0) is 26.2 Å². The van der Waals surface area contributed by atoms with E-state index in [0.29, 0.717) is 10.6 Å². The second-order valence-electron chi connectivity index (χ2n) is 10.3. The maximum atomic E-state index is 14.2. The van der Waals surface area contributed by atoms with E-state index in [1.165, 1.54) is 41.3 Å². The minimum absolute atomic E-state index is 0.0125. The molecular weight excluding hydrogens is 615 g/mol. The molecule has 0 unspecified atom stereocenters. The summed E-state index contributed by atoms with van der Waals surface area (Å²) in [6.07, 6.45) is 4.00. The minimum atomic E-state index is -4.30. The molecule has 1 saturated carbocycles. The van der Waals surface area contributed by atoms with Gasteiger partial charge in [0.2, 0.25) is 11.8 Å². The predicted molar refractivity (Wildman–Crippen MR) is 166 cm³/mol. The van der Waals surface area contributed by atoms with E-state index >= 15 is 0 Å². The molecule has 228 valence electrons. The number of carbonyl (C=O) groups excluding carboxylic acids is 2. The molecule has 0 aromatic heterocycles. The highest BCUT2D eigenvalue weighted by atomic mass is 35.5. The van der Waals surface area contributed by atoms with Gasteiger partial charge in [-0.05, 0) is 61.2 Å². The van der Waals surface area contributed by atoms with Gasteiger partial charge < -0.3 is 10.2 Å². The van der Waals surface area contributed by atoms with Crippen molar-refractivity contribution in [2.45, 2.75) is 62.6 Å². The van der Waals surface area contributed by atoms with Crippen LogP contribution in [0.5, 0.6) is 0 Å². The van der Waals surface area contributed by atoms with Gasteiger partial charge in [-0.3, -0.25) is 24.0 Å². The molecule has 3 aromatic carbocycles. The Morgan fingerprint density at radius 1 is 1.00 bits per heavy atom. The van der Waals surface area contributed by atoms with E-state index in [1.54, 1.807) is 43.3 Å². The van der Waals surface area contributed by atoms with E-state index in [1.807, 2.05) is 0 Å². The zero-order valence-corrected chi connectivity index (χ0v) is 25.8. The summed E-state index contributed by atoms with van der Waals surface area (Å²) in [6, 6.07) is 16.4. The average molecular weight is 648 g/mol. The number of carbonyl (C=O) groups is 2. The molecule has 0 aliphatic heterocycles. The molecular formula is C30H32Cl2N4O6S. The van der Waals surface area contributed by atoms with Crippen LogP contribution >= 0.6 is 23.2 Å². The van der Waals surface area contributed by atoms with Gasteiger partial charge in [0.25, 0.3) is 15.7 Å². The lowest BCUT2D eigenvalue weighted by Gasteiger charge is -2.33. The third-order valence-corrected chi connectivity index (χ3v) is 9.91. The number of anilines is 1. The summed E-state index contributed by atoms with van der Waals surface area (Å²) in [4.78, 5) is 39.6. The van der Waals surface area contributed by atoms with Gasteiger partial charge in [-0.15, -0.1) is 0 Å². The van der Waals surface area contributed by atoms with Crippen LogP contribution in [0, 0.1) is 10.1 Å². The first-order valence-corrected chi connectivity index (χ1v) is 16.1.